The molecule has 8 heteroatoms. The van der Waals surface area contributed by atoms with Gasteiger partial charge in [0.25, 0.3) is 5.91 Å². The van der Waals surface area contributed by atoms with Gasteiger partial charge in [0, 0.05) is 18.7 Å². The molecular weight excluding hydrogens is 344 g/mol. The molecule has 1 aromatic rings. The van der Waals surface area contributed by atoms with Gasteiger partial charge in [-0.15, -0.1) is 13.2 Å². The molecule has 1 aliphatic heterocycles. The van der Waals surface area contributed by atoms with Crippen molar-refractivity contribution < 1.29 is 23.2 Å². The Hall–Kier alpha value is -3.03. The Kier molecular flexibility index (Phi) is 5.54. The first-order valence-corrected chi connectivity index (χ1v) is 7.83. The summed E-state index contributed by atoms with van der Waals surface area (Å²) in [5.41, 5.74) is -2.11. The smallest absolute Gasteiger partial charge is 0.325 e. The Morgan fingerprint density at radius 1 is 1.27 bits per heavy atom. The van der Waals surface area contributed by atoms with Crippen molar-refractivity contribution in [2.75, 3.05) is 19.6 Å². The summed E-state index contributed by atoms with van der Waals surface area (Å²) in [6.45, 7) is 8.25. The SMILES string of the molecule is C=CCN(CC=C)C(=O)CN1C(=O)N[C@@](C)(c2cc(F)ccc2F)C1=O. The maximum atomic E-state index is 14.1. The number of hydrogen-bond acceptors (Lipinski definition) is 3. The highest BCUT2D eigenvalue weighted by molar-refractivity contribution is 6.09. The van der Waals surface area contributed by atoms with E-state index in [0.717, 1.165) is 18.2 Å². The van der Waals surface area contributed by atoms with Gasteiger partial charge in [-0.1, -0.05) is 12.2 Å². The quantitative estimate of drug-likeness (QED) is 0.595. The summed E-state index contributed by atoms with van der Waals surface area (Å²) in [5.74, 6) is -2.92. The molecule has 0 bridgehead atoms. The average Bonchev–Trinajstić information content (AvgIpc) is 2.80. The number of halogens is 2. The largest absolute Gasteiger partial charge is 0.334 e. The summed E-state index contributed by atoms with van der Waals surface area (Å²) in [6, 6.07) is 1.78. The molecule has 2 rings (SSSR count). The van der Waals surface area contributed by atoms with Crippen LogP contribution in [0, 0.1) is 11.6 Å². The zero-order valence-electron chi connectivity index (χ0n) is 14.3. The summed E-state index contributed by atoms with van der Waals surface area (Å²) < 4.78 is 27.6. The van der Waals surface area contributed by atoms with Crippen LogP contribution in [0.1, 0.15) is 12.5 Å². The van der Waals surface area contributed by atoms with E-state index in [4.69, 9.17) is 0 Å². The number of carbonyl (C=O) groups excluding carboxylic acids is 3. The van der Waals surface area contributed by atoms with Gasteiger partial charge >= 0.3 is 6.03 Å². The summed E-state index contributed by atoms with van der Waals surface area (Å²) in [5, 5.41) is 2.34. The van der Waals surface area contributed by atoms with Crippen molar-refractivity contribution in [3.63, 3.8) is 0 Å². The monoisotopic (exact) mass is 363 g/mol. The van der Waals surface area contributed by atoms with Crippen molar-refractivity contribution in [2.24, 2.45) is 0 Å². The maximum absolute atomic E-state index is 14.1. The van der Waals surface area contributed by atoms with E-state index in [-0.39, 0.29) is 18.7 Å². The van der Waals surface area contributed by atoms with Crippen LogP contribution in [0.5, 0.6) is 0 Å². The van der Waals surface area contributed by atoms with E-state index < -0.39 is 41.6 Å². The first-order chi connectivity index (χ1) is 12.2. The van der Waals surface area contributed by atoms with Gasteiger partial charge < -0.3 is 10.2 Å². The fourth-order valence-electron chi connectivity index (χ4n) is 2.73. The predicted octanol–water partition coefficient (Wildman–Crippen LogP) is 1.93. The molecule has 1 N–H and O–H groups in total. The summed E-state index contributed by atoms with van der Waals surface area (Å²) in [7, 11) is 0. The van der Waals surface area contributed by atoms with Crippen LogP contribution in [0.15, 0.2) is 43.5 Å². The van der Waals surface area contributed by atoms with Gasteiger partial charge in [-0.05, 0) is 25.1 Å². The van der Waals surface area contributed by atoms with Crippen LogP contribution in [-0.2, 0) is 15.1 Å². The molecule has 1 heterocycles. The van der Waals surface area contributed by atoms with Gasteiger partial charge in [-0.3, -0.25) is 14.5 Å². The topological polar surface area (TPSA) is 69.7 Å². The van der Waals surface area contributed by atoms with E-state index in [2.05, 4.69) is 18.5 Å². The van der Waals surface area contributed by atoms with Crippen molar-refractivity contribution in [2.45, 2.75) is 12.5 Å². The molecule has 1 saturated heterocycles. The molecule has 138 valence electrons. The van der Waals surface area contributed by atoms with Crippen LogP contribution >= 0.6 is 0 Å². The van der Waals surface area contributed by atoms with Gasteiger partial charge in [-0.25, -0.2) is 13.6 Å². The van der Waals surface area contributed by atoms with Gasteiger partial charge in [0.1, 0.15) is 23.7 Å². The average molecular weight is 363 g/mol. The van der Waals surface area contributed by atoms with Gasteiger partial charge in [0.15, 0.2) is 0 Å². The molecule has 1 atom stereocenters. The van der Waals surface area contributed by atoms with Crippen molar-refractivity contribution >= 4 is 17.8 Å². The van der Waals surface area contributed by atoms with E-state index in [0.29, 0.717) is 4.90 Å². The van der Waals surface area contributed by atoms with Gasteiger partial charge in [0.05, 0.1) is 0 Å². The van der Waals surface area contributed by atoms with Crippen molar-refractivity contribution in [3.05, 3.63) is 60.7 Å². The summed E-state index contributed by atoms with van der Waals surface area (Å²) in [4.78, 5) is 39.3. The summed E-state index contributed by atoms with van der Waals surface area (Å²) in [6.07, 6.45) is 3.00. The number of hydrogen-bond donors (Lipinski definition) is 1. The van der Waals surface area contributed by atoms with Crippen molar-refractivity contribution in [1.82, 2.24) is 15.1 Å². The zero-order chi connectivity index (χ0) is 19.5. The normalized spacial score (nSPS) is 19.3. The molecule has 26 heavy (non-hydrogen) atoms. The van der Waals surface area contributed by atoms with Crippen LogP contribution in [0.2, 0.25) is 0 Å². The van der Waals surface area contributed by atoms with Crippen molar-refractivity contribution in [3.8, 4) is 0 Å². The number of benzene rings is 1. The van der Waals surface area contributed by atoms with Crippen molar-refractivity contribution in [1.29, 1.82) is 0 Å². The van der Waals surface area contributed by atoms with Gasteiger partial charge in [0.2, 0.25) is 5.91 Å². The highest BCUT2D eigenvalue weighted by Crippen LogP contribution is 2.31. The second kappa shape index (κ2) is 7.47. The van der Waals surface area contributed by atoms with Crippen LogP contribution in [0.3, 0.4) is 0 Å². The number of urea groups is 1. The predicted molar refractivity (Wildman–Crippen MR) is 90.9 cm³/mol. The zero-order valence-corrected chi connectivity index (χ0v) is 14.3. The lowest BCUT2D eigenvalue weighted by atomic mass is 9.91. The Morgan fingerprint density at radius 3 is 2.46 bits per heavy atom. The third-order valence-electron chi connectivity index (χ3n) is 4.09. The molecule has 1 aromatic carbocycles. The third kappa shape index (κ3) is 3.49. The highest BCUT2D eigenvalue weighted by Gasteiger charge is 2.51. The number of imide groups is 1. The highest BCUT2D eigenvalue weighted by atomic mass is 19.1. The molecule has 6 nitrogen and oxygen atoms in total. The summed E-state index contributed by atoms with van der Waals surface area (Å²) >= 11 is 0. The number of nitrogens with one attached hydrogen (secondary N) is 1. The van der Waals surface area contributed by atoms with E-state index in [9.17, 15) is 23.2 Å². The molecule has 4 amide bonds. The standard InChI is InChI=1S/C18H19F2N3O3/c1-4-8-22(9-5-2)15(24)11-23-16(25)18(3,21-17(23)26)13-10-12(19)6-7-14(13)20/h4-7,10H,1-2,8-9,11H2,3H3,(H,21,26)/t18-/m0/s1. The number of rotatable bonds is 7. The van der Waals surface area contributed by atoms with Crippen LogP contribution in [0.25, 0.3) is 0 Å². The minimum atomic E-state index is -1.80. The van der Waals surface area contributed by atoms with E-state index in [1.54, 1.807) is 0 Å². The second-order valence-electron chi connectivity index (χ2n) is 5.95. The molecule has 0 saturated carbocycles. The lowest BCUT2D eigenvalue weighted by molar-refractivity contribution is -0.138. The lowest BCUT2D eigenvalue weighted by Crippen LogP contribution is -2.45. The molecule has 0 aromatic heterocycles. The van der Waals surface area contributed by atoms with Crippen LogP contribution in [0.4, 0.5) is 13.6 Å². The van der Waals surface area contributed by atoms with Gasteiger partial charge in [-0.2, -0.15) is 0 Å². The maximum Gasteiger partial charge on any atom is 0.325 e. The minimum Gasteiger partial charge on any atom is -0.334 e. The number of nitrogens with zero attached hydrogens (tertiary/aromatic N) is 2. The fourth-order valence-corrected chi connectivity index (χ4v) is 2.73. The first-order valence-electron chi connectivity index (χ1n) is 7.83. The Bertz CT molecular complexity index is 771. The molecule has 1 fully saturated rings. The molecular formula is C18H19F2N3O3. The molecule has 1 aliphatic rings. The molecule has 0 radical (unpaired) electrons. The second-order valence-corrected chi connectivity index (χ2v) is 5.95. The van der Waals surface area contributed by atoms with Crippen LogP contribution < -0.4 is 5.32 Å². The van der Waals surface area contributed by atoms with E-state index in [1.807, 2.05) is 0 Å². The first kappa shape index (κ1) is 19.3. The Morgan fingerprint density at radius 2 is 1.88 bits per heavy atom. The minimum absolute atomic E-state index is 0.213. The number of carbonyl (C=O) groups is 3. The molecule has 0 unspecified atom stereocenters. The molecule has 0 aliphatic carbocycles. The lowest BCUT2D eigenvalue weighted by Gasteiger charge is -2.24. The Balaban J connectivity index is 2.28. The van der Waals surface area contributed by atoms with E-state index in [1.165, 1.54) is 24.0 Å². The van der Waals surface area contributed by atoms with Crippen LogP contribution in [-0.4, -0.2) is 47.3 Å². The fraction of sp³-hybridized carbons (Fsp3) is 0.278. The van der Waals surface area contributed by atoms with E-state index >= 15 is 0 Å². The number of amides is 4. The Labute approximate surface area is 149 Å². The molecule has 0 spiro atoms. The third-order valence-corrected chi connectivity index (χ3v) is 4.09.